The second-order valence-corrected chi connectivity index (χ2v) is 5.44. The van der Waals surface area contributed by atoms with Crippen molar-refractivity contribution >= 4 is 5.91 Å². The number of benzene rings is 1. The Morgan fingerprint density at radius 1 is 1.30 bits per heavy atom. The number of rotatable bonds is 6. The van der Waals surface area contributed by atoms with Crippen molar-refractivity contribution in [1.82, 2.24) is 10.2 Å². The van der Waals surface area contributed by atoms with E-state index in [0.717, 1.165) is 32.5 Å². The molecule has 110 valence electrons. The van der Waals surface area contributed by atoms with Crippen molar-refractivity contribution in [1.29, 1.82) is 0 Å². The van der Waals surface area contributed by atoms with Gasteiger partial charge >= 0.3 is 0 Å². The summed E-state index contributed by atoms with van der Waals surface area (Å²) in [6, 6.07) is 11.3. The average Bonchev–Trinajstić information content (AvgIpc) is 2.81. The van der Waals surface area contributed by atoms with Crippen LogP contribution >= 0.6 is 0 Å². The van der Waals surface area contributed by atoms with Gasteiger partial charge in [0.15, 0.2) is 0 Å². The summed E-state index contributed by atoms with van der Waals surface area (Å²) in [5.41, 5.74) is 1.31. The van der Waals surface area contributed by atoms with Crippen molar-refractivity contribution in [2.24, 2.45) is 0 Å². The standard InChI is InChI=1S/C16H24N2O2/c1-13(19)17-10-15-8-9-16(12-20-2)18(15)11-14-6-4-3-5-7-14/h3-7,15-16H,8-12H2,1-2H3,(H,17,19)/t15-,16-/m0/s1. The van der Waals surface area contributed by atoms with Gasteiger partial charge in [0.05, 0.1) is 6.61 Å². The monoisotopic (exact) mass is 276 g/mol. The van der Waals surface area contributed by atoms with Gasteiger partial charge in [-0.1, -0.05) is 30.3 Å². The molecule has 0 aliphatic carbocycles. The van der Waals surface area contributed by atoms with Crippen molar-refractivity contribution in [3.8, 4) is 0 Å². The minimum absolute atomic E-state index is 0.0415. The van der Waals surface area contributed by atoms with Gasteiger partial charge in [0.2, 0.25) is 5.91 Å². The zero-order chi connectivity index (χ0) is 14.4. The normalized spacial score (nSPS) is 22.9. The lowest BCUT2D eigenvalue weighted by Gasteiger charge is -2.30. The van der Waals surface area contributed by atoms with Crippen molar-refractivity contribution in [2.45, 2.75) is 38.4 Å². The fourth-order valence-corrected chi connectivity index (χ4v) is 2.92. The van der Waals surface area contributed by atoms with E-state index in [4.69, 9.17) is 4.74 Å². The lowest BCUT2D eigenvalue weighted by atomic mass is 10.2. The van der Waals surface area contributed by atoms with E-state index in [9.17, 15) is 4.79 Å². The molecule has 1 amide bonds. The highest BCUT2D eigenvalue weighted by atomic mass is 16.5. The zero-order valence-electron chi connectivity index (χ0n) is 12.3. The Kier molecular flexibility index (Phi) is 5.56. The molecule has 0 unspecified atom stereocenters. The first-order valence-corrected chi connectivity index (χ1v) is 7.23. The smallest absolute Gasteiger partial charge is 0.216 e. The minimum Gasteiger partial charge on any atom is -0.383 e. The van der Waals surface area contributed by atoms with Crippen LogP contribution in [0, 0.1) is 0 Å². The first kappa shape index (κ1) is 15.0. The lowest BCUT2D eigenvalue weighted by Crippen LogP contribution is -2.43. The summed E-state index contributed by atoms with van der Waals surface area (Å²) < 4.78 is 5.34. The number of nitrogens with zero attached hydrogens (tertiary/aromatic N) is 1. The highest BCUT2D eigenvalue weighted by Gasteiger charge is 2.33. The number of ether oxygens (including phenoxy) is 1. The first-order valence-electron chi connectivity index (χ1n) is 7.23. The highest BCUT2D eigenvalue weighted by Crippen LogP contribution is 2.26. The van der Waals surface area contributed by atoms with E-state index in [1.807, 2.05) is 6.07 Å². The van der Waals surface area contributed by atoms with Gasteiger partial charge in [-0.15, -0.1) is 0 Å². The average molecular weight is 276 g/mol. The number of hydrogen-bond acceptors (Lipinski definition) is 3. The predicted octanol–water partition coefficient (Wildman–Crippen LogP) is 1.80. The molecule has 4 heteroatoms. The number of carbonyl (C=O) groups excluding carboxylic acids is 1. The van der Waals surface area contributed by atoms with Crippen molar-refractivity contribution in [3.63, 3.8) is 0 Å². The summed E-state index contributed by atoms with van der Waals surface area (Å²) in [4.78, 5) is 13.6. The topological polar surface area (TPSA) is 41.6 Å². The molecule has 2 rings (SSSR count). The molecule has 1 aromatic rings. The van der Waals surface area contributed by atoms with E-state index >= 15 is 0 Å². The van der Waals surface area contributed by atoms with Crippen LogP contribution in [-0.4, -0.2) is 43.2 Å². The third-order valence-corrected chi connectivity index (χ3v) is 3.92. The molecule has 0 saturated carbocycles. The maximum atomic E-state index is 11.1. The lowest BCUT2D eigenvalue weighted by molar-refractivity contribution is -0.119. The third kappa shape index (κ3) is 4.05. The molecule has 1 aliphatic heterocycles. The molecule has 1 N–H and O–H groups in total. The molecular formula is C16H24N2O2. The molecular weight excluding hydrogens is 252 g/mol. The summed E-state index contributed by atoms with van der Waals surface area (Å²) in [5, 5.41) is 2.94. The summed E-state index contributed by atoms with van der Waals surface area (Å²) >= 11 is 0. The van der Waals surface area contributed by atoms with E-state index in [1.165, 1.54) is 5.56 Å². The van der Waals surface area contributed by atoms with Gasteiger partial charge in [-0.25, -0.2) is 0 Å². The van der Waals surface area contributed by atoms with Crippen molar-refractivity contribution in [3.05, 3.63) is 35.9 Å². The van der Waals surface area contributed by atoms with Crippen LogP contribution in [0.25, 0.3) is 0 Å². The number of methoxy groups -OCH3 is 1. The number of carbonyl (C=O) groups is 1. The number of hydrogen-bond donors (Lipinski definition) is 1. The molecule has 1 aliphatic rings. The van der Waals surface area contributed by atoms with Crippen LogP contribution in [0.2, 0.25) is 0 Å². The Hall–Kier alpha value is -1.39. The molecule has 0 aromatic heterocycles. The van der Waals surface area contributed by atoms with Gasteiger partial charge in [-0.3, -0.25) is 9.69 Å². The molecule has 0 spiro atoms. The second kappa shape index (κ2) is 7.41. The first-order chi connectivity index (χ1) is 9.70. The molecule has 0 bridgehead atoms. The van der Waals surface area contributed by atoms with Crippen LogP contribution in [-0.2, 0) is 16.1 Å². The summed E-state index contributed by atoms with van der Waals surface area (Å²) in [7, 11) is 1.75. The second-order valence-electron chi connectivity index (χ2n) is 5.44. The molecule has 0 radical (unpaired) electrons. The largest absolute Gasteiger partial charge is 0.383 e. The SMILES string of the molecule is COC[C@@H]1CC[C@@H](CNC(C)=O)N1Cc1ccccc1. The zero-order valence-corrected chi connectivity index (χ0v) is 12.3. The maximum Gasteiger partial charge on any atom is 0.216 e. The maximum absolute atomic E-state index is 11.1. The molecule has 1 fully saturated rings. The molecule has 1 aromatic carbocycles. The van der Waals surface area contributed by atoms with Crippen molar-refractivity contribution < 1.29 is 9.53 Å². The van der Waals surface area contributed by atoms with E-state index in [1.54, 1.807) is 14.0 Å². The molecule has 1 heterocycles. The Morgan fingerprint density at radius 2 is 2.00 bits per heavy atom. The van der Waals surface area contributed by atoms with Gasteiger partial charge in [-0.2, -0.15) is 0 Å². The van der Waals surface area contributed by atoms with E-state index in [-0.39, 0.29) is 5.91 Å². The van der Waals surface area contributed by atoms with Crippen LogP contribution in [0.4, 0.5) is 0 Å². The molecule has 20 heavy (non-hydrogen) atoms. The summed E-state index contributed by atoms with van der Waals surface area (Å²) in [5.74, 6) is 0.0415. The Bertz CT molecular complexity index is 422. The quantitative estimate of drug-likeness (QED) is 0.861. The Balaban J connectivity index is 2.02. The van der Waals surface area contributed by atoms with Crippen molar-refractivity contribution in [2.75, 3.05) is 20.3 Å². The third-order valence-electron chi connectivity index (χ3n) is 3.92. The summed E-state index contributed by atoms with van der Waals surface area (Å²) in [6.07, 6.45) is 2.24. The van der Waals surface area contributed by atoms with Gasteiger partial charge in [0, 0.05) is 39.2 Å². The van der Waals surface area contributed by atoms with Crippen LogP contribution in [0.1, 0.15) is 25.3 Å². The van der Waals surface area contributed by atoms with Crippen LogP contribution in [0.5, 0.6) is 0 Å². The molecule has 4 nitrogen and oxygen atoms in total. The van der Waals surface area contributed by atoms with Gasteiger partial charge in [0.25, 0.3) is 0 Å². The van der Waals surface area contributed by atoms with Crippen LogP contribution in [0.15, 0.2) is 30.3 Å². The fraction of sp³-hybridized carbons (Fsp3) is 0.562. The van der Waals surface area contributed by atoms with Gasteiger partial charge in [0.1, 0.15) is 0 Å². The molecule has 1 saturated heterocycles. The summed E-state index contributed by atoms with van der Waals surface area (Å²) in [6.45, 7) is 3.97. The highest BCUT2D eigenvalue weighted by molar-refractivity contribution is 5.72. The number of nitrogens with one attached hydrogen (secondary N) is 1. The number of likely N-dealkylation sites (tertiary alicyclic amines) is 1. The Labute approximate surface area is 121 Å². The number of amides is 1. The van der Waals surface area contributed by atoms with Gasteiger partial charge < -0.3 is 10.1 Å². The minimum atomic E-state index is 0.0415. The van der Waals surface area contributed by atoms with Gasteiger partial charge in [-0.05, 0) is 18.4 Å². The van der Waals surface area contributed by atoms with Crippen LogP contribution < -0.4 is 5.32 Å². The predicted molar refractivity (Wildman–Crippen MR) is 79.4 cm³/mol. The van der Waals surface area contributed by atoms with Crippen LogP contribution in [0.3, 0.4) is 0 Å². The Morgan fingerprint density at radius 3 is 2.65 bits per heavy atom. The van der Waals surface area contributed by atoms with E-state index in [2.05, 4.69) is 34.5 Å². The fourth-order valence-electron chi connectivity index (χ4n) is 2.92. The van der Waals surface area contributed by atoms with E-state index < -0.39 is 0 Å². The van der Waals surface area contributed by atoms with E-state index in [0.29, 0.717) is 12.1 Å². The molecule has 2 atom stereocenters.